The molecule has 0 fully saturated rings. The molecule has 0 radical (unpaired) electrons. The average Bonchev–Trinajstić information content (AvgIpc) is 3.63. The van der Waals surface area contributed by atoms with Crippen molar-refractivity contribution in [1.82, 2.24) is 15.0 Å². The summed E-state index contributed by atoms with van der Waals surface area (Å²) in [4.78, 5) is 15.7. The van der Waals surface area contributed by atoms with Crippen LogP contribution in [0.5, 0.6) is 0 Å². The molecule has 0 saturated heterocycles. The van der Waals surface area contributed by atoms with Crippen molar-refractivity contribution < 1.29 is 4.42 Å². The van der Waals surface area contributed by atoms with Crippen LogP contribution in [0.1, 0.15) is 0 Å². The number of fused-ring (bicyclic) bond motifs is 10. The van der Waals surface area contributed by atoms with Gasteiger partial charge < -0.3 is 4.42 Å². The Morgan fingerprint density at radius 3 is 1.60 bits per heavy atom. The molecule has 11 rings (SSSR count). The quantitative estimate of drug-likeness (QED) is 0.174. The molecule has 0 aliphatic rings. The monoisotopic (exact) mass is 675 g/mol. The summed E-state index contributed by atoms with van der Waals surface area (Å²) < 4.78 is 6.56. The predicted molar refractivity (Wildman–Crippen MR) is 219 cm³/mol. The number of hydrogen-bond donors (Lipinski definition) is 0. The summed E-state index contributed by atoms with van der Waals surface area (Å²) in [5.74, 6) is 1.87. The maximum absolute atomic E-state index is 6.56. The van der Waals surface area contributed by atoms with Crippen LogP contribution in [0.25, 0.3) is 110 Å². The van der Waals surface area contributed by atoms with Gasteiger partial charge in [-0.05, 0) is 85.2 Å². The zero-order valence-electron chi connectivity index (χ0n) is 28.5. The van der Waals surface area contributed by atoms with E-state index in [1.165, 1.54) is 16.2 Å². The minimum absolute atomic E-state index is 0.621. The fraction of sp³-hybridized carbons (Fsp3) is 0. The van der Waals surface area contributed by atoms with Crippen molar-refractivity contribution >= 4 is 65.0 Å². The lowest BCUT2D eigenvalue weighted by Crippen LogP contribution is -2.01. The Balaban J connectivity index is 1.24. The van der Waals surface area contributed by atoms with Gasteiger partial charge in [-0.2, -0.15) is 0 Å². The summed E-state index contributed by atoms with van der Waals surface area (Å²) in [5.41, 5.74) is 6.83. The van der Waals surface area contributed by atoms with E-state index in [4.69, 9.17) is 19.4 Å². The maximum atomic E-state index is 6.56. The summed E-state index contributed by atoms with van der Waals surface area (Å²) in [6, 6.07) is 61.5. The van der Waals surface area contributed by atoms with Crippen LogP contribution in [-0.2, 0) is 0 Å². The molecule has 0 aliphatic heterocycles. The van der Waals surface area contributed by atoms with Crippen LogP contribution in [-0.4, -0.2) is 15.0 Å². The standard InChI is InChI=1S/C49H29N3O/c1-3-13-30(14-4-1)40-29-35(27-33-18-8-10-20-36(33)40)48-50-47(32-16-5-2-6-17-32)51-49(52-48)41-28-34-19-9-12-22-38(34)44-39(41)24-26-43-46(44)45-37-21-11-7-15-31(37)23-25-42(45)53-43/h1-29H. The largest absolute Gasteiger partial charge is 0.456 e. The van der Waals surface area contributed by atoms with E-state index in [2.05, 4.69) is 158 Å². The van der Waals surface area contributed by atoms with Crippen molar-refractivity contribution in [2.45, 2.75) is 0 Å². The van der Waals surface area contributed by atoms with Crippen LogP contribution < -0.4 is 0 Å². The Morgan fingerprint density at radius 2 is 0.849 bits per heavy atom. The van der Waals surface area contributed by atoms with Gasteiger partial charge in [-0.25, -0.2) is 15.0 Å². The highest BCUT2D eigenvalue weighted by molar-refractivity contribution is 6.32. The lowest BCUT2D eigenvalue weighted by molar-refractivity contribution is 0.669. The van der Waals surface area contributed by atoms with Gasteiger partial charge in [0.25, 0.3) is 0 Å². The molecule has 0 spiro atoms. The fourth-order valence-electron chi connectivity index (χ4n) is 8.04. The van der Waals surface area contributed by atoms with Crippen LogP contribution >= 0.6 is 0 Å². The third kappa shape index (κ3) is 4.73. The van der Waals surface area contributed by atoms with Crippen molar-refractivity contribution in [1.29, 1.82) is 0 Å². The molecule has 9 aromatic carbocycles. The molecule has 0 saturated carbocycles. The SMILES string of the molecule is c1ccc(-c2nc(-c3cc(-c4ccccc4)c4ccccc4c3)nc(-c3cc4ccccc4c4c3ccc3oc5ccc6ccccc6c5c34)n2)cc1. The average molecular weight is 676 g/mol. The van der Waals surface area contributed by atoms with E-state index in [0.29, 0.717) is 17.5 Å². The first-order chi connectivity index (χ1) is 26.3. The van der Waals surface area contributed by atoms with Crippen LogP contribution in [0.3, 0.4) is 0 Å². The van der Waals surface area contributed by atoms with Crippen molar-refractivity contribution in [3.63, 3.8) is 0 Å². The summed E-state index contributed by atoms with van der Waals surface area (Å²) >= 11 is 0. The second kappa shape index (κ2) is 11.7. The third-order valence-electron chi connectivity index (χ3n) is 10.5. The summed E-state index contributed by atoms with van der Waals surface area (Å²) in [6.07, 6.45) is 0. The van der Waals surface area contributed by atoms with Gasteiger partial charge in [0.1, 0.15) is 11.2 Å². The van der Waals surface area contributed by atoms with Gasteiger partial charge in [-0.3, -0.25) is 0 Å². The molecule has 2 aromatic heterocycles. The normalized spacial score (nSPS) is 11.8. The topological polar surface area (TPSA) is 51.8 Å². The number of hydrogen-bond acceptors (Lipinski definition) is 4. The first kappa shape index (κ1) is 29.5. The molecule has 246 valence electrons. The minimum atomic E-state index is 0.621. The lowest BCUT2D eigenvalue weighted by atomic mass is 9.92. The van der Waals surface area contributed by atoms with Crippen LogP contribution in [0.4, 0.5) is 0 Å². The molecule has 0 amide bonds. The van der Waals surface area contributed by atoms with Crippen LogP contribution in [0.15, 0.2) is 180 Å². The molecule has 0 atom stereocenters. The highest BCUT2D eigenvalue weighted by atomic mass is 16.3. The van der Waals surface area contributed by atoms with Gasteiger partial charge in [0.15, 0.2) is 17.5 Å². The van der Waals surface area contributed by atoms with Gasteiger partial charge >= 0.3 is 0 Å². The molecule has 11 aromatic rings. The molecular weight excluding hydrogens is 647 g/mol. The van der Waals surface area contributed by atoms with Gasteiger partial charge in [-0.1, -0.05) is 140 Å². The van der Waals surface area contributed by atoms with Crippen molar-refractivity contribution in [2.24, 2.45) is 0 Å². The highest BCUT2D eigenvalue weighted by Crippen LogP contribution is 2.44. The molecule has 0 aliphatic carbocycles. The first-order valence-corrected chi connectivity index (χ1v) is 17.9. The molecular formula is C49H29N3O. The van der Waals surface area contributed by atoms with Crippen molar-refractivity contribution in [2.75, 3.05) is 0 Å². The van der Waals surface area contributed by atoms with Gasteiger partial charge in [0, 0.05) is 32.8 Å². The molecule has 0 bridgehead atoms. The Morgan fingerprint density at radius 1 is 0.302 bits per heavy atom. The summed E-state index contributed by atoms with van der Waals surface area (Å²) in [5, 5.41) is 11.4. The number of aromatic nitrogens is 3. The van der Waals surface area contributed by atoms with E-state index < -0.39 is 0 Å². The predicted octanol–water partition coefficient (Wildman–Crippen LogP) is 13.1. The number of furan rings is 1. The number of nitrogens with zero attached hydrogens (tertiary/aromatic N) is 3. The van der Waals surface area contributed by atoms with Crippen molar-refractivity contribution in [3.05, 3.63) is 176 Å². The highest BCUT2D eigenvalue weighted by Gasteiger charge is 2.21. The molecule has 4 heteroatoms. The third-order valence-corrected chi connectivity index (χ3v) is 10.5. The number of rotatable bonds is 4. The van der Waals surface area contributed by atoms with E-state index >= 15 is 0 Å². The van der Waals surface area contributed by atoms with E-state index in [0.717, 1.165) is 76.7 Å². The Kier molecular flexibility index (Phi) is 6.52. The van der Waals surface area contributed by atoms with Crippen molar-refractivity contribution in [3.8, 4) is 45.3 Å². The van der Waals surface area contributed by atoms with E-state index in [-0.39, 0.29) is 0 Å². The minimum Gasteiger partial charge on any atom is -0.456 e. The van der Waals surface area contributed by atoms with Gasteiger partial charge in [-0.15, -0.1) is 0 Å². The Bertz CT molecular complexity index is 3220. The van der Waals surface area contributed by atoms with Crippen LogP contribution in [0, 0.1) is 0 Å². The smallest absolute Gasteiger partial charge is 0.164 e. The van der Waals surface area contributed by atoms with E-state index in [9.17, 15) is 0 Å². The molecule has 2 heterocycles. The van der Waals surface area contributed by atoms with E-state index in [1.54, 1.807) is 0 Å². The Labute approximate surface area is 304 Å². The molecule has 0 unspecified atom stereocenters. The summed E-state index contributed by atoms with van der Waals surface area (Å²) in [7, 11) is 0. The van der Waals surface area contributed by atoms with Gasteiger partial charge in [0.2, 0.25) is 0 Å². The molecule has 53 heavy (non-hydrogen) atoms. The molecule has 0 N–H and O–H groups in total. The number of benzene rings is 9. The van der Waals surface area contributed by atoms with Crippen LogP contribution in [0.2, 0.25) is 0 Å². The molecule has 4 nitrogen and oxygen atoms in total. The second-order valence-corrected chi connectivity index (χ2v) is 13.6. The first-order valence-electron chi connectivity index (χ1n) is 17.9. The zero-order valence-corrected chi connectivity index (χ0v) is 28.5. The summed E-state index contributed by atoms with van der Waals surface area (Å²) in [6.45, 7) is 0. The van der Waals surface area contributed by atoms with Gasteiger partial charge in [0.05, 0.1) is 0 Å². The fourth-order valence-corrected chi connectivity index (χ4v) is 8.04. The zero-order chi connectivity index (χ0) is 34.9. The maximum Gasteiger partial charge on any atom is 0.164 e. The van der Waals surface area contributed by atoms with E-state index in [1.807, 2.05) is 18.2 Å². The second-order valence-electron chi connectivity index (χ2n) is 13.6. The Hall–Kier alpha value is -7.17. The lowest BCUT2D eigenvalue weighted by Gasteiger charge is -2.14.